The lowest BCUT2D eigenvalue weighted by Gasteiger charge is -2.32. The van der Waals surface area contributed by atoms with Gasteiger partial charge in [0.1, 0.15) is 12.4 Å². The van der Waals surface area contributed by atoms with E-state index in [0.29, 0.717) is 19.7 Å². The SMILES string of the molecule is CN1CCN(CCNC(=O)CCC(=O)N2CCOc3ccccc32)CC1. The molecule has 1 fully saturated rings. The average Bonchev–Trinajstić information content (AvgIpc) is 2.67. The van der Waals surface area contributed by atoms with Gasteiger partial charge in [0.2, 0.25) is 11.8 Å². The zero-order valence-electron chi connectivity index (χ0n) is 15.4. The second-order valence-electron chi connectivity index (χ2n) is 6.86. The molecule has 3 rings (SSSR count). The second-order valence-corrected chi connectivity index (χ2v) is 6.86. The summed E-state index contributed by atoms with van der Waals surface area (Å²) in [5.74, 6) is 0.632. The molecule has 7 nitrogen and oxygen atoms in total. The zero-order valence-corrected chi connectivity index (χ0v) is 15.4. The highest BCUT2D eigenvalue weighted by Crippen LogP contribution is 2.31. The number of hydrogen-bond donors (Lipinski definition) is 1. The van der Waals surface area contributed by atoms with E-state index in [2.05, 4.69) is 22.2 Å². The van der Waals surface area contributed by atoms with Gasteiger partial charge in [0.15, 0.2) is 0 Å². The van der Waals surface area contributed by atoms with Crippen molar-refractivity contribution in [3.8, 4) is 5.75 Å². The van der Waals surface area contributed by atoms with Crippen LogP contribution in [0.2, 0.25) is 0 Å². The molecule has 0 atom stereocenters. The van der Waals surface area contributed by atoms with E-state index in [-0.39, 0.29) is 24.7 Å². The van der Waals surface area contributed by atoms with E-state index >= 15 is 0 Å². The number of carbonyl (C=O) groups excluding carboxylic acids is 2. The van der Waals surface area contributed by atoms with E-state index in [1.165, 1.54) is 0 Å². The Balaban J connectivity index is 1.37. The molecule has 26 heavy (non-hydrogen) atoms. The van der Waals surface area contributed by atoms with Crippen molar-refractivity contribution in [2.24, 2.45) is 0 Å². The molecular formula is C19H28N4O3. The van der Waals surface area contributed by atoms with E-state index in [1.54, 1.807) is 4.90 Å². The summed E-state index contributed by atoms with van der Waals surface area (Å²) in [7, 11) is 2.13. The van der Waals surface area contributed by atoms with Gasteiger partial charge in [-0.05, 0) is 19.2 Å². The fourth-order valence-electron chi connectivity index (χ4n) is 3.30. The number of piperazine rings is 1. The number of anilines is 1. The molecule has 0 spiro atoms. The predicted octanol–water partition coefficient (Wildman–Crippen LogP) is 0.556. The van der Waals surface area contributed by atoms with E-state index < -0.39 is 0 Å². The Morgan fingerprint density at radius 1 is 1.08 bits per heavy atom. The van der Waals surface area contributed by atoms with Crippen molar-refractivity contribution in [1.82, 2.24) is 15.1 Å². The minimum absolute atomic E-state index is 0.0324. The Morgan fingerprint density at radius 3 is 2.65 bits per heavy atom. The maximum Gasteiger partial charge on any atom is 0.227 e. The van der Waals surface area contributed by atoms with Crippen LogP contribution in [0.1, 0.15) is 12.8 Å². The molecular weight excluding hydrogens is 332 g/mol. The molecule has 0 unspecified atom stereocenters. The lowest BCUT2D eigenvalue weighted by atomic mass is 10.2. The lowest BCUT2D eigenvalue weighted by Crippen LogP contribution is -2.47. The Kier molecular flexibility index (Phi) is 6.46. The molecule has 142 valence electrons. The van der Waals surface area contributed by atoms with E-state index in [4.69, 9.17) is 4.74 Å². The first-order valence-electron chi connectivity index (χ1n) is 9.33. The van der Waals surface area contributed by atoms with Crippen LogP contribution in [0.3, 0.4) is 0 Å². The maximum absolute atomic E-state index is 12.5. The van der Waals surface area contributed by atoms with Crippen molar-refractivity contribution >= 4 is 17.5 Å². The standard InChI is InChI=1S/C19H28N4O3/c1-21-10-12-22(13-11-21)9-8-20-18(24)6-7-19(25)23-14-15-26-17-5-3-2-4-16(17)23/h2-5H,6-15H2,1H3,(H,20,24). The van der Waals surface area contributed by atoms with Gasteiger partial charge in [-0.15, -0.1) is 0 Å². The Bertz CT molecular complexity index is 629. The molecule has 7 heteroatoms. The fourth-order valence-corrected chi connectivity index (χ4v) is 3.30. The molecule has 1 saturated heterocycles. The first-order valence-corrected chi connectivity index (χ1v) is 9.33. The number of rotatable bonds is 6. The number of nitrogens with zero attached hydrogens (tertiary/aromatic N) is 3. The number of amides is 2. The fraction of sp³-hybridized carbons (Fsp3) is 0.579. The minimum Gasteiger partial charge on any atom is -0.490 e. The number of para-hydroxylation sites is 2. The van der Waals surface area contributed by atoms with Crippen LogP contribution in [0.25, 0.3) is 0 Å². The van der Waals surface area contributed by atoms with E-state index in [1.807, 2.05) is 24.3 Å². The second kappa shape index (κ2) is 9.00. The highest BCUT2D eigenvalue weighted by atomic mass is 16.5. The number of ether oxygens (including phenoxy) is 1. The Labute approximate surface area is 154 Å². The van der Waals surface area contributed by atoms with Gasteiger partial charge in [-0.3, -0.25) is 14.5 Å². The molecule has 2 aliphatic rings. The van der Waals surface area contributed by atoms with Crippen LogP contribution in [0, 0.1) is 0 Å². The summed E-state index contributed by atoms with van der Waals surface area (Å²) in [6.07, 6.45) is 0.440. The summed E-state index contributed by atoms with van der Waals surface area (Å²) in [6, 6.07) is 7.52. The number of carbonyl (C=O) groups is 2. The van der Waals surface area contributed by atoms with Crippen molar-refractivity contribution in [2.45, 2.75) is 12.8 Å². The molecule has 0 aromatic heterocycles. The van der Waals surface area contributed by atoms with Crippen molar-refractivity contribution in [1.29, 1.82) is 0 Å². The molecule has 0 saturated carbocycles. The summed E-state index contributed by atoms with van der Waals surface area (Å²) in [6.45, 7) is 6.75. The number of likely N-dealkylation sites (N-methyl/N-ethyl adjacent to an activating group) is 1. The molecule has 0 bridgehead atoms. The smallest absolute Gasteiger partial charge is 0.227 e. The molecule has 1 N–H and O–H groups in total. The quantitative estimate of drug-likeness (QED) is 0.803. The van der Waals surface area contributed by atoms with Gasteiger partial charge in [0.25, 0.3) is 0 Å². The van der Waals surface area contributed by atoms with Crippen molar-refractivity contribution in [3.05, 3.63) is 24.3 Å². The van der Waals surface area contributed by atoms with E-state index in [9.17, 15) is 9.59 Å². The highest BCUT2D eigenvalue weighted by Gasteiger charge is 2.23. The monoisotopic (exact) mass is 360 g/mol. The Hall–Kier alpha value is -2.12. The van der Waals surface area contributed by atoms with Crippen LogP contribution in [-0.4, -0.2) is 81.1 Å². The van der Waals surface area contributed by atoms with Crippen molar-refractivity contribution in [3.63, 3.8) is 0 Å². The Morgan fingerprint density at radius 2 is 1.85 bits per heavy atom. The first kappa shape index (κ1) is 18.7. The highest BCUT2D eigenvalue weighted by molar-refractivity contribution is 5.97. The lowest BCUT2D eigenvalue weighted by molar-refractivity contribution is -0.125. The molecule has 0 radical (unpaired) electrons. The van der Waals surface area contributed by atoms with E-state index in [0.717, 1.165) is 44.2 Å². The largest absolute Gasteiger partial charge is 0.490 e. The summed E-state index contributed by atoms with van der Waals surface area (Å²) >= 11 is 0. The number of fused-ring (bicyclic) bond motifs is 1. The van der Waals surface area contributed by atoms with Crippen molar-refractivity contribution < 1.29 is 14.3 Å². The van der Waals surface area contributed by atoms with Crippen LogP contribution >= 0.6 is 0 Å². The average molecular weight is 360 g/mol. The molecule has 2 aliphatic heterocycles. The van der Waals surface area contributed by atoms with Gasteiger partial charge in [0, 0.05) is 52.1 Å². The van der Waals surface area contributed by atoms with Crippen LogP contribution in [0.15, 0.2) is 24.3 Å². The third kappa shape index (κ3) is 4.95. The normalized spacial score (nSPS) is 18.1. The summed E-state index contributed by atoms with van der Waals surface area (Å²) < 4.78 is 5.57. The maximum atomic E-state index is 12.5. The number of nitrogens with one attached hydrogen (secondary N) is 1. The summed E-state index contributed by atoms with van der Waals surface area (Å²) in [5, 5.41) is 2.93. The van der Waals surface area contributed by atoms with Gasteiger partial charge in [-0.2, -0.15) is 0 Å². The van der Waals surface area contributed by atoms with Crippen LogP contribution < -0.4 is 15.0 Å². The number of benzene rings is 1. The summed E-state index contributed by atoms with van der Waals surface area (Å²) in [4.78, 5) is 30.9. The third-order valence-electron chi connectivity index (χ3n) is 4.94. The van der Waals surface area contributed by atoms with Crippen molar-refractivity contribution in [2.75, 3.05) is 64.4 Å². The van der Waals surface area contributed by atoms with Gasteiger partial charge in [0.05, 0.1) is 12.2 Å². The number of hydrogen-bond acceptors (Lipinski definition) is 5. The van der Waals surface area contributed by atoms with Crippen LogP contribution in [0.4, 0.5) is 5.69 Å². The molecule has 0 aliphatic carbocycles. The van der Waals surface area contributed by atoms with Gasteiger partial charge < -0.3 is 19.9 Å². The molecule has 2 heterocycles. The molecule has 1 aromatic rings. The topological polar surface area (TPSA) is 65.1 Å². The van der Waals surface area contributed by atoms with Gasteiger partial charge in [-0.25, -0.2) is 0 Å². The van der Waals surface area contributed by atoms with Crippen LogP contribution in [-0.2, 0) is 9.59 Å². The first-order chi connectivity index (χ1) is 12.6. The minimum atomic E-state index is -0.0611. The molecule has 1 aromatic carbocycles. The van der Waals surface area contributed by atoms with Gasteiger partial charge >= 0.3 is 0 Å². The summed E-state index contributed by atoms with van der Waals surface area (Å²) in [5.41, 5.74) is 0.791. The van der Waals surface area contributed by atoms with Gasteiger partial charge in [-0.1, -0.05) is 12.1 Å². The molecule has 2 amide bonds. The zero-order chi connectivity index (χ0) is 18.4. The predicted molar refractivity (Wildman–Crippen MR) is 100 cm³/mol. The van der Waals surface area contributed by atoms with Crippen LogP contribution in [0.5, 0.6) is 5.75 Å². The third-order valence-corrected chi connectivity index (χ3v) is 4.94.